The Bertz CT molecular complexity index is 661. The second-order valence-electron chi connectivity index (χ2n) is 5.68. The maximum atomic E-state index is 12.7. The lowest BCUT2D eigenvalue weighted by Crippen LogP contribution is -2.42. The number of likely N-dealkylation sites (tertiary alicyclic amines) is 1. The molecule has 5 nitrogen and oxygen atoms in total. The highest BCUT2D eigenvalue weighted by Crippen LogP contribution is 2.21. The first-order valence-corrected chi connectivity index (χ1v) is 7.21. The number of aromatic nitrogens is 3. The lowest BCUT2D eigenvalue weighted by Gasteiger charge is -2.33. The van der Waals surface area contributed by atoms with Crippen LogP contribution in [0.3, 0.4) is 0 Å². The maximum Gasteiger partial charge on any atom is 0.259 e. The van der Waals surface area contributed by atoms with E-state index < -0.39 is 0 Å². The Balaban J connectivity index is 2.03. The van der Waals surface area contributed by atoms with E-state index in [9.17, 15) is 4.79 Å². The molecule has 0 aromatic carbocycles. The largest absolute Gasteiger partial charge is 0.336 e. The molecule has 1 aliphatic rings. The summed E-state index contributed by atoms with van der Waals surface area (Å²) in [5.41, 5.74) is 3.20. The Morgan fingerprint density at radius 2 is 2.15 bits per heavy atom. The van der Waals surface area contributed by atoms with Gasteiger partial charge in [0.15, 0.2) is 5.65 Å². The normalized spacial score (nSPS) is 19.6. The summed E-state index contributed by atoms with van der Waals surface area (Å²) in [5, 5.41) is 4.31. The van der Waals surface area contributed by atoms with E-state index in [1.54, 1.807) is 10.7 Å². The van der Waals surface area contributed by atoms with Gasteiger partial charge in [-0.15, -0.1) is 0 Å². The Morgan fingerprint density at radius 3 is 2.90 bits per heavy atom. The quantitative estimate of drug-likeness (QED) is 0.800. The molecule has 1 amide bonds. The van der Waals surface area contributed by atoms with E-state index in [4.69, 9.17) is 0 Å². The zero-order chi connectivity index (χ0) is 14.3. The van der Waals surface area contributed by atoms with Crippen LogP contribution in [0.15, 0.2) is 12.3 Å². The molecule has 0 radical (unpaired) electrons. The van der Waals surface area contributed by atoms with Crippen molar-refractivity contribution < 1.29 is 4.79 Å². The van der Waals surface area contributed by atoms with Crippen molar-refractivity contribution in [2.24, 2.45) is 0 Å². The van der Waals surface area contributed by atoms with Gasteiger partial charge >= 0.3 is 0 Å². The molecule has 20 heavy (non-hydrogen) atoms. The number of fused-ring (bicyclic) bond motifs is 1. The van der Waals surface area contributed by atoms with E-state index in [-0.39, 0.29) is 5.91 Å². The highest BCUT2D eigenvalue weighted by atomic mass is 16.2. The zero-order valence-electron chi connectivity index (χ0n) is 12.3. The summed E-state index contributed by atoms with van der Waals surface area (Å²) >= 11 is 0. The molecular weight excluding hydrogens is 252 g/mol. The summed E-state index contributed by atoms with van der Waals surface area (Å²) in [6, 6.07) is 2.27. The van der Waals surface area contributed by atoms with Gasteiger partial charge < -0.3 is 4.90 Å². The summed E-state index contributed by atoms with van der Waals surface area (Å²) in [7, 11) is 0. The molecule has 2 aromatic rings. The molecule has 5 heteroatoms. The van der Waals surface area contributed by atoms with E-state index in [2.05, 4.69) is 17.0 Å². The second kappa shape index (κ2) is 4.89. The fourth-order valence-corrected chi connectivity index (χ4v) is 2.98. The summed E-state index contributed by atoms with van der Waals surface area (Å²) < 4.78 is 1.74. The highest BCUT2D eigenvalue weighted by Gasteiger charge is 2.27. The van der Waals surface area contributed by atoms with Crippen LogP contribution in [0.4, 0.5) is 0 Å². The van der Waals surface area contributed by atoms with E-state index in [1.165, 1.54) is 6.42 Å². The molecular formula is C15H20N4O. The fourth-order valence-electron chi connectivity index (χ4n) is 2.98. The van der Waals surface area contributed by atoms with Crippen molar-refractivity contribution in [2.45, 2.75) is 46.1 Å². The van der Waals surface area contributed by atoms with Gasteiger partial charge in [-0.2, -0.15) is 5.10 Å². The number of hydrogen-bond donors (Lipinski definition) is 0. The van der Waals surface area contributed by atoms with Crippen molar-refractivity contribution in [3.63, 3.8) is 0 Å². The first kappa shape index (κ1) is 13.1. The Kier molecular flexibility index (Phi) is 3.20. The van der Waals surface area contributed by atoms with E-state index in [0.717, 1.165) is 30.8 Å². The third kappa shape index (κ3) is 2.07. The van der Waals surface area contributed by atoms with Gasteiger partial charge in [-0.05, 0) is 46.1 Å². The predicted molar refractivity (Wildman–Crippen MR) is 76.8 cm³/mol. The molecule has 0 saturated carbocycles. The van der Waals surface area contributed by atoms with E-state index >= 15 is 0 Å². The third-order valence-electron chi connectivity index (χ3n) is 4.07. The lowest BCUT2D eigenvalue weighted by atomic mass is 10.0. The highest BCUT2D eigenvalue weighted by molar-refractivity contribution is 5.99. The second-order valence-corrected chi connectivity index (χ2v) is 5.68. The number of aryl methyl sites for hydroxylation is 2. The SMILES string of the molecule is Cc1cc(C)n2ncc(C(=O)N3CCCC[C@@H]3C)c2n1. The van der Waals surface area contributed by atoms with Crippen molar-refractivity contribution in [1.29, 1.82) is 0 Å². The molecule has 0 bridgehead atoms. The van der Waals surface area contributed by atoms with E-state index in [1.807, 2.05) is 24.8 Å². The molecule has 0 spiro atoms. The smallest absolute Gasteiger partial charge is 0.259 e. The van der Waals surface area contributed by atoms with Crippen molar-refractivity contribution in [1.82, 2.24) is 19.5 Å². The van der Waals surface area contributed by atoms with Gasteiger partial charge in [-0.1, -0.05) is 0 Å². The van der Waals surface area contributed by atoms with Crippen LogP contribution in [-0.4, -0.2) is 38.0 Å². The number of amides is 1. The van der Waals surface area contributed by atoms with Crippen LogP contribution in [0.25, 0.3) is 5.65 Å². The molecule has 1 saturated heterocycles. The minimum absolute atomic E-state index is 0.0599. The standard InChI is InChI=1S/C15H20N4O/c1-10-8-12(3)19-14(17-10)13(9-16-19)15(20)18-7-5-4-6-11(18)2/h8-9,11H,4-7H2,1-3H3/t11-/m0/s1. The van der Waals surface area contributed by atoms with Crippen LogP contribution in [0.5, 0.6) is 0 Å². The van der Waals surface area contributed by atoms with Gasteiger partial charge in [0.25, 0.3) is 5.91 Å². The topological polar surface area (TPSA) is 50.5 Å². The van der Waals surface area contributed by atoms with Crippen LogP contribution in [0, 0.1) is 13.8 Å². The van der Waals surface area contributed by atoms with Crippen LogP contribution in [0.1, 0.15) is 47.9 Å². The molecule has 1 fully saturated rings. The maximum absolute atomic E-state index is 12.7. The summed E-state index contributed by atoms with van der Waals surface area (Å²) in [6.45, 7) is 6.87. The molecule has 1 atom stereocenters. The average Bonchev–Trinajstić information content (AvgIpc) is 2.82. The van der Waals surface area contributed by atoms with Gasteiger partial charge in [0.2, 0.25) is 0 Å². The number of carbonyl (C=O) groups excluding carboxylic acids is 1. The molecule has 106 valence electrons. The Morgan fingerprint density at radius 1 is 1.35 bits per heavy atom. The summed E-state index contributed by atoms with van der Waals surface area (Å²) in [4.78, 5) is 19.2. The van der Waals surface area contributed by atoms with Crippen molar-refractivity contribution >= 4 is 11.6 Å². The number of carbonyl (C=O) groups is 1. The molecule has 0 aliphatic carbocycles. The van der Waals surface area contributed by atoms with Crippen LogP contribution in [-0.2, 0) is 0 Å². The van der Waals surface area contributed by atoms with Crippen molar-refractivity contribution in [2.75, 3.05) is 6.54 Å². The van der Waals surface area contributed by atoms with Gasteiger partial charge in [0.05, 0.1) is 6.20 Å². The van der Waals surface area contributed by atoms with Gasteiger partial charge in [0, 0.05) is 24.0 Å². The average molecular weight is 272 g/mol. The van der Waals surface area contributed by atoms with Gasteiger partial charge in [0.1, 0.15) is 5.56 Å². The van der Waals surface area contributed by atoms with Gasteiger partial charge in [-0.25, -0.2) is 9.50 Å². The Labute approximate surface area is 118 Å². The molecule has 0 N–H and O–H groups in total. The first-order chi connectivity index (χ1) is 9.58. The molecule has 2 aromatic heterocycles. The first-order valence-electron chi connectivity index (χ1n) is 7.21. The van der Waals surface area contributed by atoms with E-state index in [0.29, 0.717) is 17.3 Å². The van der Waals surface area contributed by atoms with Crippen LogP contribution < -0.4 is 0 Å². The molecule has 3 heterocycles. The molecule has 0 unspecified atom stereocenters. The molecule has 3 rings (SSSR count). The Hall–Kier alpha value is -1.91. The van der Waals surface area contributed by atoms with Gasteiger partial charge in [-0.3, -0.25) is 4.79 Å². The number of rotatable bonds is 1. The number of piperidine rings is 1. The lowest BCUT2D eigenvalue weighted by molar-refractivity contribution is 0.0637. The summed E-state index contributed by atoms with van der Waals surface area (Å²) in [5.74, 6) is 0.0599. The van der Waals surface area contributed by atoms with Crippen molar-refractivity contribution in [3.8, 4) is 0 Å². The van der Waals surface area contributed by atoms with Crippen LogP contribution >= 0.6 is 0 Å². The summed E-state index contributed by atoms with van der Waals surface area (Å²) in [6.07, 6.45) is 5.02. The predicted octanol–water partition coefficient (Wildman–Crippen LogP) is 2.36. The molecule has 1 aliphatic heterocycles. The number of hydrogen-bond acceptors (Lipinski definition) is 3. The fraction of sp³-hybridized carbons (Fsp3) is 0.533. The van der Waals surface area contributed by atoms with Crippen LogP contribution in [0.2, 0.25) is 0 Å². The third-order valence-corrected chi connectivity index (χ3v) is 4.07. The minimum atomic E-state index is 0.0599. The minimum Gasteiger partial charge on any atom is -0.336 e. The monoisotopic (exact) mass is 272 g/mol. The number of nitrogens with zero attached hydrogens (tertiary/aromatic N) is 4. The zero-order valence-corrected chi connectivity index (χ0v) is 12.3. The van der Waals surface area contributed by atoms with Crippen molar-refractivity contribution in [3.05, 3.63) is 29.2 Å².